The Morgan fingerprint density at radius 1 is 1.00 bits per heavy atom. The Kier molecular flexibility index (Phi) is 10.4. The van der Waals surface area contributed by atoms with E-state index in [1.807, 2.05) is 37.3 Å². The average Bonchev–Trinajstić information content (AvgIpc) is 2.88. The fraction of sp³-hybridized carbons (Fsp3) is 0.185. The van der Waals surface area contributed by atoms with Gasteiger partial charge in [-0.15, -0.1) is 0 Å². The maximum atomic E-state index is 12.6. The maximum absolute atomic E-state index is 12.6. The molecule has 0 aliphatic heterocycles. The second kappa shape index (κ2) is 13.7. The first-order valence-electron chi connectivity index (χ1n) is 11.0. The normalized spacial score (nSPS) is 10.7. The van der Waals surface area contributed by atoms with Crippen LogP contribution in [0.2, 0.25) is 0 Å². The molecule has 0 spiro atoms. The third-order valence-corrected chi connectivity index (χ3v) is 5.91. The Morgan fingerprint density at radius 3 is 2.47 bits per heavy atom. The molecule has 0 fully saturated rings. The second-order valence-electron chi connectivity index (χ2n) is 7.34. The minimum atomic E-state index is -0.390. The highest BCUT2D eigenvalue weighted by Crippen LogP contribution is 2.37. The number of nitrogens with zero attached hydrogens (tertiary/aromatic N) is 1. The van der Waals surface area contributed by atoms with Gasteiger partial charge in [-0.2, -0.15) is 5.10 Å². The summed E-state index contributed by atoms with van der Waals surface area (Å²) in [6.45, 7) is 6.70. The van der Waals surface area contributed by atoms with Gasteiger partial charge in [-0.1, -0.05) is 40.7 Å². The van der Waals surface area contributed by atoms with Crippen LogP contribution in [-0.4, -0.2) is 32.4 Å². The van der Waals surface area contributed by atoms with Crippen molar-refractivity contribution in [2.45, 2.75) is 13.5 Å². The lowest BCUT2D eigenvalue weighted by molar-refractivity contribution is 0.0954. The van der Waals surface area contributed by atoms with Crippen LogP contribution < -0.4 is 24.4 Å². The topological polar surface area (TPSA) is 78.4 Å². The van der Waals surface area contributed by atoms with Crippen molar-refractivity contribution in [1.82, 2.24) is 5.43 Å². The molecule has 1 N–H and O–H groups in total. The average molecular weight is 618 g/mol. The lowest BCUT2D eigenvalue weighted by atomic mass is 10.2. The highest BCUT2D eigenvalue weighted by atomic mass is 79.9. The fourth-order valence-corrected chi connectivity index (χ4v) is 3.95. The molecule has 0 unspecified atom stereocenters. The first-order chi connectivity index (χ1) is 17.4. The van der Waals surface area contributed by atoms with Gasteiger partial charge in [0, 0.05) is 10.0 Å². The molecule has 36 heavy (non-hydrogen) atoms. The first kappa shape index (κ1) is 27.3. The third-order valence-electron chi connectivity index (χ3n) is 4.79. The quantitative estimate of drug-likeness (QED) is 0.142. The molecule has 0 saturated carbocycles. The molecule has 0 radical (unpaired) electrons. The summed E-state index contributed by atoms with van der Waals surface area (Å²) >= 11 is 6.99. The number of ether oxygens (including phenoxy) is 4. The van der Waals surface area contributed by atoms with E-state index in [0.717, 1.165) is 10.0 Å². The van der Waals surface area contributed by atoms with Gasteiger partial charge in [-0.3, -0.25) is 4.79 Å². The van der Waals surface area contributed by atoms with Crippen molar-refractivity contribution in [2.75, 3.05) is 20.3 Å². The number of rotatable bonds is 12. The molecule has 3 aromatic carbocycles. The SMILES string of the molecule is C=CCOc1ccc(C(=O)N/N=C/c2cc(Br)c(OCc3ccc(Br)cc3)c(OCC)c2)cc1OC. The van der Waals surface area contributed by atoms with Crippen LogP contribution in [0.5, 0.6) is 23.0 Å². The summed E-state index contributed by atoms with van der Waals surface area (Å²) in [6.07, 6.45) is 3.16. The van der Waals surface area contributed by atoms with Gasteiger partial charge in [0.05, 0.1) is 24.4 Å². The van der Waals surface area contributed by atoms with Gasteiger partial charge in [0.15, 0.2) is 23.0 Å². The Morgan fingerprint density at radius 2 is 1.78 bits per heavy atom. The number of methoxy groups -OCH3 is 1. The Balaban J connectivity index is 1.70. The smallest absolute Gasteiger partial charge is 0.271 e. The number of nitrogens with one attached hydrogen (secondary N) is 1. The van der Waals surface area contributed by atoms with Crippen molar-refractivity contribution < 1.29 is 23.7 Å². The number of amides is 1. The molecule has 188 valence electrons. The van der Waals surface area contributed by atoms with Gasteiger partial charge < -0.3 is 18.9 Å². The molecule has 0 atom stereocenters. The van der Waals surface area contributed by atoms with E-state index in [4.69, 9.17) is 18.9 Å². The van der Waals surface area contributed by atoms with E-state index in [2.05, 4.69) is 49.0 Å². The Bertz CT molecular complexity index is 1230. The van der Waals surface area contributed by atoms with E-state index >= 15 is 0 Å². The number of hydrogen-bond donors (Lipinski definition) is 1. The monoisotopic (exact) mass is 616 g/mol. The largest absolute Gasteiger partial charge is 0.493 e. The summed E-state index contributed by atoms with van der Waals surface area (Å²) in [7, 11) is 1.51. The molecule has 3 aromatic rings. The van der Waals surface area contributed by atoms with Crippen LogP contribution in [0.1, 0.15) is 28.4 Å². The number of benzene rings is 3. The zero-order valence-corrected chi connectivity index (χ0v) is 23.1. The Labute approximate surface area is 227 Å². The molecule has 9 heteroatoms. The summed E-state index contributed by atoms with van der Waals surface area (Å²) in [5.41, 5.74) is 4.64. The summed E-state index contributed by atoms with van der Waals surface area (Å²) in [5.74, 6) is 1.73. The Hall–Kier alpha value is -3.30. The van der Waals surface area contributed by atoms with Crippen molar-refractivity contribution in [1.29, 1.82) is 0 Å². The van der Waals surface area contributed by atoms with Crippen molar-refractivity contribution >= 4 is 44.0 Å². The summed E-state index contributed by atoms with van der Waals surface area (Å²) in [6, 6.07) is 16.4. The predicted molar refractivity (Wildman–Crippen MR) is 148 cm³/mol. The minimum Gasteiger partial charge on any atom is -0.493 e. The molecule has 7 nitrogen and oxygen atoms in total. The molecule has 0 bridgehead atoms. The van der Waals surface area contributed by atoms with Gasteiger partial charge in [0.1, 0.15) is 13.2 Å². The van der Waals surface area contributed by atoms with E-state index in [1.165, 1.54) is 13.3 Å². The van der Waals surface area contributed by atoms with Crippen molar-refractivity contribution in [3.05, 3.63) is 92.9 Å². The van der Waals surface area contributed by atoms with Crippen LogP contribution in [0.4, 0.5) is 0 Å². The summed E-state index contributed by atoms with van der Waals surface area (Å²) < 4.78 is 24.4. The van der Waals surface area contributed by atoms with E-state index in [-0.39, 0.29) is 0 Å². The number of carbonyl (C=O) groups is 1. The van der Waals surface area contributed by atoms with Crippen LogP contribution in [0.25, 0.3) is 0 Å². The predicted octanol–water partition coefficient (Wildman–Crippen LogP) is 6.53. The van der Waals surface area contributed by atoms with Crippen LogP contribution in [0.3, 0.4) is 0 Å². The molecule has 0 aliphatic carbocycles. The van der Waals surface area contributed by atoms with Crippen LogP contribution >= 0.6 is 31.9 Å². The van der Waals surface area contributed by atoms with Gasteiger partial charge in [-0.05, 0) is 76.4 Å². The molecule has 0 heterocycles. The summed E-state index contributed by atoms with van der Waals surface area (Å²) in [5, 5.41) is 4.09. The van der Waals surface area contributed by atoms with Gasteiger partial charge in [-0.25, -0.2) is 5.43 Å². The van der Waals surface area contributed by atoms with E-state index in [1.54, 1.807) is 30.3 Å². The molecular weight excluding hydrogens is 592 g/mol. The van der Waals surface area contributed by atoms with Crippen molar-refractivity contribution in [3.8, 4) is 23.0 Å². The standard InChI is InChI=1S/C27H26Br2N2O5/c1-4-12-35-23-11-8-20(15-24(23)33-3)27(32)31-30-16-19-13-22(29)26(25(14-19)34-5-2)36-17-18-6-9-21(28)10-7-18/h4,6-11,13-16H,1,5,12,17H2,2-3H3,(H,31,32)/b30-16+. The van der Waals surface area contributed by atoms with E-state index in [9.17, 15) is 4.79 Å². The third kappa shape index (κ3) is 7.60. The first-order valence-corrected chi connectivity index (χ1v) is 12.6. The van der Waals surface area contributed by atoms with Gasteiger partial charge in [0.25, 0.3) is 5.91 Å². The molecule has 0 aliphatic rings. The van der Waals surface area contributed by atoms with Crippen molar-refractivity contribution in [2.24, 2.45) is 5.10 Å². The summed E-state index contributed by atoms with van der Waals surface area (Å²) in [4.78, 5) is 12.6. The maximum Gasteiger partial charge on any atom is 0.271 e. The molecular formula is C27H26Br2N2O5. The zero-order valence-electron chi connectivity index (χ0n) is 19.9. The number of hydrogen-bond acceptors (Lipinski definition) is 6. The number of hydrazone groups is 1. The molecule has 0 saturated heterocycles. The lowest BCUT2D eigenvalue weighted by Crippen LogP contribution is -2.17. The van der Waals surface area contributed by atoms with E-state index in [0.29, 0.717) is 58.4 Å². The number of halogens is 2. The highest BCUT2D eigenvalue weighted by molar-refractivity contribution is 9.10. The fourth-order valence-electron chi connectivity index (χ4n) is 3.11. The van der Waals surface area contributed by atoms with Crippen LogP contribution in [-0.2, 0) is 6.61 Å². The molecule has 1 amide bonds. The second-order valence-corrected chi connectivity index (χ2v) is 9.11. The zero-order chi connectivity index (χ0) is 25.9. The van der Waals surface area contributed by atoms with Crippen molar-refractivity contribution in [3.63, 3.8) is 0 Å². The molecule has 3 rings (SSSR count). The lowest BCUT2D eigenvalue weighted by Gasteiger charge is -2.15. The van der Waals surface area contributed by atoms with Crippen LogP contribution in [0, 0.1) is 0 Å². The van der Waals surface area contributed by atoms with Gasteiger partial charge in [0.2, 0.25) is 0 Å². The minimum absolute atomic E-state index is 0.333. The number of carbonyl (C=O) groups excluding carboxylic acids is 1. The van der Waals surface area contributed by atoms with Gasteiger partial charge >= 0.3 is 0 Å². The van der Waals surface area contributed by atoms with Crippen LogP contribution in [0.15, 0.2) is 81.3 Å². The molecule has 0 aromatic heterocycles. The van der Waals surface area contributed by atoms with E-state index < -0.39 is 5.91 Å². The highest BCUT2D eigenvalue weighted by Gasteiger charge is 2.13.